The standard InChI is InChI=1S/C23H26N6O2/c1-12-9-16(5-7-24-12)29-8-6-18-19(23(29)31)14(3)25-22(26-18)17-10-15-11-28(4)27-20(15)13(2)21(17)30/h6,8,10-12,16,24,30H,5,7,9H2,1-4H3. The molecule has 4 aromatic rings. The van der Waals surface area contributed by atoms with Gasteiger partial charge < -0.3 is 15.0 Å². The highest BCUT2D eigenvalue weighted by Crippen LogP contribution is 2.36. The second kappa shape index (κ2) is 7.16. The minimum atomic E-state index is -0.0521. The Kier molecular flexibility index (Phi) is 4.55. The highest BCUT2D eigenvalue weighted by molar-refractivity contribution is 5.91. The molecule has 3 aromatic heterocycles. The lowest BCUT2D eigenvalue weighted by molar-refractivity contribution is 0.309. The summed E-state index contributed by atoms with van der Waals surface area (Å²) in [5, 5.41) is 20.1. The number of aromatic nitrogens is 5. The van der Waals surface area contributed by atoms with Crippen molar-refractivity contribution in [2.75, 3.05) is 6.54 Å². The number of rotatable bonds is 2. The van der Waals surface area contributed by atoms with Gasteiger partial charge in [-0.15, -0.1) is 0 Å². The fourth-order valence-electron chi connectivity index (χ4n) is 4.71. The van der Waals surface area contributed by atoms with Crippen LogP contribution in [0.25, 0.3) is 33.2 Å². The van der Waals surface area contributed by atoms with Crippen molar-refractivity contribution in [2.24, 2.45) is 7.05 Å². The van der Waals surface area contributed by atoms with Gasteiger partial charge in [0.25, 0.3) is 5.56 Å². The first-order chi connectivity index (χ1) is 14.8. The molecule has 1 aliphatic rings. The largest absolute Gasteiger partial charge is 0.507 e. The summed E-state index contributed by atoms with van der Waals surface area (Å²) in [5.74, 6) is 0.519. The van der Waals surface area contributed by atoms with E-state index < -0.39 is 0 Å². The van der Waals surface area contributed by atoms with E-state index in [2.05, 4.69) is 27.3 Å². The minimum absolute atomic E-state index is 0.0521. The number of hydrogen-bond donors (Lipinski definition) is 2. The summed E-state index contributed by atoms with van der Waals surface area (Å²) < 4.78 is 3.55. The van der Waals surface area contributed by atoms with Crippen LogP contribution in [0.5, 0.6) is 5.75 Å². The maximum Gasteiger partial charge on any atom is 0.262 e. The van der Waals surface area contributed by atoms with Crippen LogP contribution in [0.4, 0.5) is 0 Å². The molecule has 1 aromatic carbocycles. The number of nitrogens with zero attached hydrogens (tertiary/aromatic N) is 5. The lowest BCUT2D eigenvalue weighted by Gasteiger charge is -2.29. The second-order valence-electron chi connectivity index (χ2n) is 8.59. The quantitative estimate of drug-likeness (QED) is 0.519. The molecule has 1 fully saturated rings. The van der Waals surface area contributed by atoms with E-state index in [1.54, 1.807) is 4.68 Å². The number of pyridine rings is 1. The fraction of sp³-hybridized carbons (Fsp3) is 0.391. The summed E-state index contributed by atoms with van der Waals surface area (Å²) in [7, 11) is 1.85. The molecule has 2 N–H and O–H groups in total. The third-order valence-corrected chi connectivity index (χ3v) is 6.31. The average molecular weight is 419 g/mol. The van der Waals surface area contributed by atoms with Crippen molar-refractivity contribution < 1.29 is 5.11 Å². The highest BCUT2D eigenvalue weighted by atomic mass is 16.3. The van der Waals surface area contributed by atoms with Gasteiger partial charge in [0.1, 0.15) is 5.75 Å². The Morgan fingerprint density at radius 1 is 1.26 bits per heavy atom. The molecule has 8 heteroatoms. The Balaban J connectivity index is 1.66. The summed E-state index contributed by atoms with van der Waals surface area (Å²) in [6.07, 6.45) is 5.59. The molecule has 1 aliphatic heterocycles. The van der Waals surface area contributed by atoms with E-state index in [1.165, 1.54) is 0 Å². The maximum absolute atomic E-state index is 13.3. The third kappa shape index (κ3) is 3.18. The van der Waals surface area contributed by atoms with E-state index in [0.717, 1.165) is 30.3 Å². The maximum atomic E-state index is 13.3. The SMILES string of the molecule is Cc1c(O)c(-c2nc(C)c3c(=O)n(C4CCNC(C)C4)ccc3n2)cc2cn(C)nc12. The molecule has 5 rings (SSSR count). The number of piperidine rings is 1. The van der Waals surface area contributed by atoms with Crippen LogP contribution in [0.15, 0.2) is 29.3 Å². The number of nitrogens with one attached hydrogen (secondary N) is 1. The number of benzene rings is 1. The molecule has 1 saturated heterocycles. The van der Waals surface area contributed by atoms with Crippen molar-refractivity contribution in [1.82, 2.24) is 29.6 Å². The Bertz CT molecular complexity index is 1390. The predicted molar refractivity (Wildman–Crippen MR) is 120 cm³/mol. The van der Waals surface area contributed by atoms with E-state index in [4.69, 9.17) is 0 Å². The molecule has 0 amide bonds. The zero-order valence-corrected chi connectivity index (χ0v) is 18.2. The number of fused-ring (bicyclic) bond motifs is 2. The number of hydrogen-bond acceptors (Lipinski definition) is 6. The second-order valence-corrected chi connectivity index (χ2v) is 8.59. The summed E-state index contributed by atoms with van der Waals surface area (Å²) in [6, 6.07) is 4.29. The van der Waals surface area contributed by atoms with Crippen LogP contribution < -0.4 is 10.9 Å². The van der Waals surface area contributed by atoms with Crippen LogP contribution in [0, 0.1) is 13.8 Å². The average Bonchev–Trinajstić information content (AvgIpc) is 3.11. The Labute approximate surface area is 179 Å². The summed E-state index contributed by atoms with van der Waals surface area (Å²) in [5.41, 5.74) is 3.13. The van der Waals surface area contributed by atoms with Gasteiger partial charge in [0, 0.05) is 42.5 Å². The summed E-state index contributed by atoms with van der Waals surface area (Å²) in [4.78, 5) is 22.6. The molecule has 31 heavy (non-hydrogen) atoms. The van der Waals surface area contributed by atoms with Crippen molar-refractivity contribution in [3.05, 3.63) is 46.1 Å². The van der Waals surface area contributed by atoms with E-state index >= 15 is 0 Å². The van der Waals surface area contributed by atoms with Gasteiger partial charge in [0.2, 0.25) is 0 Å². The topological polar surface area (TPSA) is 97.9 Å². The Hall–Kier alpha value is -3.26. The minimum Gasteiger partial charge on any atom is -0.507 e. The van der Waals surface area contributed by atoms with Crippen molar-refractivity contribution in [3.8, 4) is 17.1 Å². The van der Waals surface area contributed by atoms with Crippen LogP contribution in [0.2, 0.25) is 0 Å². The van der Waals surface area contributed by atoms with Crippen LogP contribution in [-0.4, -0.2) is 42.0 Å². The summed E-state index contributed by atoms with van der Waals surface area (Å²) in [6.45, 7) is 6.71. The van der Waals surface area contributed by atoms with Crippen molar-refractivity contribution >= 4 is 21.8 Å². The molecule has 4 heterocycles. The molecule has 0 radical (unpaired) electrons. The van der Waals surface area contributed by atoms with Crippen molar-refractivity contribution in [1.29, 1.82) is 0 Å². The first-order valence-corrected chi connectivity index (χ1v) is 10.6. The van der Waals surface area contributed by atoms with E-state index in [9.17, 15) is 9.90 Å². The number of phenols is 1. The zero-order chi connectivity index (χ0) is 21.9. The van der Waals surface area contributed by atoms with Crippen molar-refractivity contribution in [3.63, 3.8) is 0 Å². The normalized spacial score (nSPS) is 19.4. The fourth-order valence-corrected chi connectivity index (χ4v) is 4.71. The monoisotopic (exact) mass is 418 g/mol. The van der Waals surface area contributed by atoms with Gasteiger partial charge in [-0.1, -0.05) is 0 Å². The number of aromatic hydroxyl groups is 1. The predicted octanol–water partition coefficient (Wildman–Crippen LogP) is 2.98. The van der Waals surface area contributed by atoms with E-state index in [1.807, 2.05) is 50.0 Å². The lowest BCUT2D eigenvalue weighted by Crippen LogP contribution is -2.39. The molecule has 2 atom stereocenters. The van der Waals surface area contributed by atoms with E-state index in [-0.39, 0.29) is 17.4 Å². The number of aryl methyl sites for hydroxylation is 3. The first kappa shape index (κ1) is 19.7. The highest BCUT2D eigenvalue weighted by Gasteiger charge is 2.23. The molecule has 0 spiro atoms. The van der Waals surface area contributed by atoms with Crippen LogP contribution in [-0.2, 0) is 7.05 Å². The van der Waals surface area contributed by atoms with Gasteiger partial charge in [-0.25, -0.2) is 9.97 Å². The number of phenolic OH excluding ortho intramolecular Hbond substituents is 1. The van der Waals surface area contributed by atoms with Gasteiger partial charge in [-0.05, 0) is 52.3 Å². The first-order valence-electron chi connectivity index (χ1n) is 10.6. The molecule has 0 aliphatic carbocycles. The molecule has 160 valence electrons. The Morgan fingerprint density at radius 3 is 2.84 bits per heavy atom. The van der Waals surface area contributed by atoms with Crippen LogP contribution in [0.1, 0.15) is 37.1 Å². The van der Waals surface area contributed by atoms with Gasteiger partial charge >= 0.3 is 0 Å². The van der Waals surface area contributed by atoms with Gasteiger partial charge in [-0.2, -0.15) is 5.10 Å². The van der Waals surface area contributed by atoms with Gasteiger partial charge in [-0.3, -0.25) is 9.48 Å². The molecule has 8 nitrogen and oxygen atoms in total. The molecule has 2 unspecified atom stereocenters. The van der Waals surface area contributed by atoms with Gasteiger partial charge in [0.15, 0.2) is 5.82 Å². The summed E-state index contributed by atoms with van der Waals surface area (Å²) >= 11 is 0. The van der Waals surface area contributed by atoms with E-state index in [0.29, 0.717) is 39.6 Å². The molecule has 0 saturated carbocycles. The zero-order valence-electron chi connectivity index (χ0n) is 18.2. The lowest BCUT2D eigenvalue weighted by atomic mass is 10.00. The smallest absolute Gasteiger partial charge is 0.262 e. The Morgan fingerprint density at radius 2 is 2.06 bits per heavy atom. The molecular weight excluding hydrogens is 392 g/mol. The molecule has 0 bridgehead atoms. The third-order valence-electron chi connectivity index (χ3n) is 6.31. The van der Waals surface area contributed by atoms with Crippen molar-refractivity contribution in [2.45, 2.75) is 45.7 Å². The van der Waals surface area contributed by atoms with Crippen LogP contribution in [0.3, 0.4) is 0 Å². The van der Waals surface area contributed by atoms with Gasteiger partial charge in [0.05, 0.1) is 27.7 Å². The van der Waals surface area contributed by atoms with Crippen LogP contribution >= 0.6 is 0 Å². The molecular formula is C23H26N6O2.